The van der Waals surface area contributed by atoms with E-state index >= 15 is 0 Å². The molecular weight excluding hydrogens is 454 g/mol. The summed E-state index contributed by atoms with van der Waals surface area (Å²) in [5, 5.41) is 5.28. The molecule has 1 aromatic carbocycles. The van der Waals surface area contributed by atoms with E-state index in [1.807, 2.05) is 0 Å². The van der Waals surface area contributed by atoms with Crippen molar-refractivity contribution in [1.29, 1.82) is 0 Å². The molecule has 0 saturated carbocycles. The van der Waals surface area contributed by atoms with Gasteiger partial charge in [-0.25, -0.2) is 9.78 Å². The van der Waals surface area contributed by atoms with Crippen LogP contribution in [0.3, 0.4) is 0 Å². The van der Waals surface area contributed by atoms with Gasteiger partial charge in [-0.05, 0) is 44.5 Å². The van der Waals surface area contributed by atoms with E-state index in [9.17, 15) is 19.2 Å². The standard InChI is InChI=1S/C20H21N5O5S2/c1-3-30-17(28)14-10(2)22-20(32-14)25-19(21)24-16(27)12-6-4-11(5-7-12)15(26)23-13-8-9-31-18(13)29/h4-7,13H,3,8-9H2,1-2H3,(H,23,26)(H3,21,22,24,25,27). The van der Waals surface area contributed by atoms with Gasteiger partial charge in [0, 0.05) is 16.9 Å². The average Bonchev–Trinajstić information content (AvgIpc) is 3.33. The van der Waals surface area contributed by atoms with E-state index in [-0.39, 0.29) is 34.3 Å². The fourth-order valence-electron chi connectivity index (χ4n) is 2.78. The maximum absolute atomic E-state index is 12.4. The van der Waals surface area contributed by atoms with Gasteiger partial charge in [0.15, 0.2) is 0 Å². The van der Waals surface area contributed by atoms with Gasteiger partial charge in [-0.3, -0.25) is 19.7 Å². The van der Waals surface area contributed by atoms with Crippen molar-refractivity contribution < 1.29 is 23.9 Å². The number of aryl methyl sites for hydroxylation is 1. The smallest absolute Gasteiger partial charge is 0.350 e. The highest BCUT2D eigenvalue weighted by Gasteiger charge is 2.27. The van der Waals surface area contributed by atoms with E-state index in [1.165, 1.54) is 36.0 Å². The number of hydrogen-bond acceptors (Lipinski definition) is 9. The molecule has 32 heavy (non-hydrogen) atoms. The van der Waals surface area contributed by atoms with E-state index in [2.05, 4.69) is 20.6 Å². The quantitative estimate of drug-likeness (QED) is 0.325. The number of hydrogen-bond donors (Lipinski definition) is 3. The Bertz CT molecular complexity index is 1080. The first-order chi connectivity index (χ1) is 15.3. The van der Waals surface area contributed by atoms with Crippen molar-refractivity contribution in [3.8, 4) is 0 Å². The molecule has 4 N–H and O–H groups in total. The Morgan fingerprint density at radius 2 is 1.88 bits per heavy atom. The number of thiazole rings is 1. The second kappa shape index (κ2) is 10.4. The number of ether oxygens (including phenoxy) is 1. The second-order valence-electron chi connectivity index (χ2n) is 6.64. The van der Waals surface area contributed by atoms with Crippen molar-refractivity contribution in [1.82, 2.24) is 15.6 Å². The molecule has 10 nitrogen and oxygen atoms in total. The molecule has 0 bridgehead atoms. The number of benzene rings is 1. The number of carbonyl (C=O) groups excluding carboxylic acids is 4. The predicted molar refractivity (Wildman–Crippen MR) is 121 cm³/mol. The molecule has 2 heterocycles. The van der Waals surface area contributed by atoms with Crippen molar-refractivity contribution in [2.24, 2.45) is 10.7 Å². The normalized spacial score (nSPS) is 16.0. The van der Waals surface area contributed by atoms with Crippen LogP contribution in [0, 0.1) is 6.92 Å². The Balaban J connectivity index is 1.61. The molecule has 1 saturated heterocycles. The van der Waals surface area contributed by atoms with Gasteiger partial charge in [-0.2, -0.15) is 4.99 Å². The zero-order valence-electron chi connectivity index (χ0n) is 17.3. The first-order valence-electron chi connectivity index (χ1n) is 9.66. The molecule has 0 radical (unpaired) electrons. The summed E-state index contributed by atoms with van der Waals surface area (Å²) in [6.07, 6.45) is 0.605. The highest BCUT2D eigenvalue weighted by molar-refractivity contribution is 8.14. The number of aliphatic imine (C=N–C) groups is 1. The topological polar surface area (TPSA) is 153 Å². The molecule has 1 fully saturated rings. The number of carbonyl (C=O) groups is 4. The molecule has 1 aliphatic heterocycles. The molecule has 2 amide bonds. The first-order valence-corrected chi connectivity index (χ1v) is 11.5. The molecule has 1 unspecified atom stereocenters. The number of aromatic nitrogens is 1. The third-order valence-electron chi connectivity index (χ3n) is 4.35. The van der Waals surface area contributed by atoms with Gasteiger partial charge >= 0.3 is 5.97 Å². The van der Waals surface area contributed by atoms with Crippen molar-refractivity contribution in [2.45, 2.75) is 26.3 Å². The lowest BCUT2D eigenvalue weighted by Gasteiger charge is -2.10. The lowest BCUT2D eigenvalue weighted by molar-refractivity contribution is -0.112. The largest absolute Gasteiger partial charge is 0.462 e. The van der Waals surface area contributed by atoms with Gasteiger partial charge in [0.25, 0.3) is 11.8 Å². The molecule has 1 aliphatic rings. The summed E-state index contributed by atoms with van der Waals surface area (Å²) in [5.74, 6) is -0.906. The number of rotatable bonds is 6. The summed E-state index contributed by atoms with van der Waals surface area (Å²) in [6, 6.07) is 5.43. The minimum Gasteiger partial charge on any atom is -0.462 e. The van der Waals surface area contributed by atoms with Crippen LogP contribution in [-0.4, -0.2) is 52.2 Å². The van der Waals surface area contributed by atoms with E-state index in [0.717, 1.165) is 11.3 Å². The maximum atomic E-state index is 12.4. The SMILES string of the molecule is CCOC(=O)c1sc(/N=C(\N)NC(=O)c2ccc(C(=O)NC3CCSC3=O)cc2)nc1C. The molecule has 1 aromatic heterocycles. The number of guanidine groups is 1. The highest BCUT2D eigenvalue weighted by atomic mass is 32.2. The molecule has 0 aliphatic carbocycles. The molecule has 3 rings (SSSR count). The van der Waals surface area contributed by atoms with E-state index < -0.39 is 17.9 Å². The summed E-state index contributed by atoms with van der Waals surface area (Å²) in [7, 11) is 0. The van der Waals surface area contributed by atoms with Gasteiger partial charge < -0.3 is 15.8 Å². The van der Waals surface area contributed by atoms with Crippen LogP contribution in [0.2, 0.25) is 0 Å². The van der Waals surface area contributed by atoms with Crippen LogP contribution in [-0.2, 0) is 9.53 Å². The van der Waals surface area contributed by atoms with Crippen LogP contribution < -0.4 is 16.4 Å². The predicted octanol–water partition coefficient (Wildman–Crippen LogP) is 1.77. The Kier molecular flexibility index (Phi) is 7.59. The molecule has 168 valence electrons. The Morgan fingerprint density at radius 3 is 2.47 bits per heavy atom. The van der Waals surface area contributed by atoms with Gasteiger partial charge in [-0.15, -0.1) is 0 Å². The van der Waals surface area contributed by atoms with Crippen molar-refractivity contribution in [3.63, 3.8) is 0 Å². The number of thioether (sulfide) groups is 1. The van der Waals surface area contributed by atoms with E-state index in [0.29, 0.717) is 28.3 Å². The van der Waals surface area contributed by atoms with Crippen LogP contribution in [0.15, 0.2) is 29.3 Å². The number of esters is 1. The third kappa shape index (κ3) is 5.71. The van der Waals surface area contributed by atoms with Crippen molar-refractivity contribution in [2.75, 3.05) is 12.4 Å². The zero-order valence-corrected chi connectivity index (χ0v) is 19.0. The fourth-order valence-corrected chi connectivity index (χ4v) is 4.55. The molecule has 1 atom stereocenters. The third-order valence-corrected chi connectivity index (χ3v) is 6.39. The van der Waals surface area contributed by atoms with Gasteiger partial charge in [0.2, 0.25) is 16.2 Å². The Hall–Kier alpha value is -3.25. The van der Waals surface area contributed by atoms with Gasteiger partial charge in [0.05, 0.1) is 18.3 Å². The number of amides is 2. The van der Waals surface area contributed by atoms with Gasteiger partial charge in [0.1, 0.15) is 4.88 Å². The molecule has 12 heteroatoms. The van der Waals surface area contributed by atoms with Crippen LogP contribution in [0.4, 0.5) is 5.13 Å². The fraction of sp³-hybridized carbons (Fsp3) is 0.300. The lowest BCUT2D eigenvalue weighted by atomic mass is 10.1. The van der Waals surface area contributed by atoms with Crippen LogP contribution in [0.5, 0.6) is 0 Å². The summed E-state index contributed by atoms with van der Waals surface area (Å²) in [4.78, 5) is 56.7. The first kappa shape index (κ1) is 23.4. The molecular formula is C20H21N5O5S2. The lowest BCUT2D eigenvalue weighted by Crippen LogP contribution is -2.37. The van der Waals surface area contributed by atoms with E-state index in [1.54, 1.807) is 13.8 Å². The van der Waals surface area contributed by atoms with Crippen LogP contribution in [0.1, 0.15) is 49.4 Å². The number of nitrogens with one attached hydrogen (secondary N) is 2. The summed E-state index contributed by atoms with van der Waals surface area (Å²) in [5.41, 5.74) is 6.84. The molecule has 2 aromatic rings. The maximum Gasteiger partial charge on any atom is 0.350 e. The zero-order chi connectivity index (χ0) is 23.3. The number of nitrogens with two attached hydrogens (primary N) is 1. The number of nitrogens with zero attached hydrogens (tertiary/aromatic N) is 2. The average molecular weight is 476 g/mol. The van der Waals surface area contributed by atoms with Gasteiger partial charge in [-0.1, -0.05) is 23.1 Å². The van der Waals surface area contributed by atoms with Crippen molar-refractivity contribution >= 4 is 57.1 Å². The van der Waals surface area contributed by atoms with Crippen LogP contribution >= 0.6 is 23.1 Å². The molecule has 0 spiro atoms. The second-order valence-corrected chi connectivity index (χ2v) is 8.72. The minimum absolute atomic E-state index is 0.0473. The van der Waals surface area contributed by atoms with Crippen LogP contribution in [0.25, 0.3) is 0 Å². The van der Waals surface area contributed by atoms with E-state index in [4.69, 9.17) is 10.5 Å². The van der Waals surface area contributed by atoms with Crippen molar-refractivity contribution in [3.05, 3.63) is 46.0 Å². The summed E-state index contributed by atoms with van der Waals surface area (Å²) in [6.45, 7) is 3.59. The minimum atomic E-state index is -0.528. The summed E-state index contributed by atoms with van der Waals surface area (Å²) >= 11 is 2.21. The Morgan fingerprint density at radius 1 is 1.22 bits per heavy atom. The highest BCUT2D eigenvalue weighted by Crippen LogP contribution is 2.25. The summed E-state index contributed by atoms with van der Waals surface area (Å²) < 4.78 is 4.95. The monoisotopic (exact) mass is 475 g/mol. The Labute approximate surface area is 192 Å².